The van der Waals surface area contributed by atoms with Crippen molar-refractivity contribution < 1.29 is 29.9 Å². The lowest BCUT2D eigenvalue weighted by Gasteiger charge is -2.30. The number of amides is 1. The number of halogens is 1. The van der Waals surface area contributed by atoms with Crippen molar-refractivity contribution in [2.75, 3.05) is 58.7 Å². The number of nitrogens with two attached hydrogens (primary N) is 1. The minimum absolute atomic E-state index is 0.113. The molecule has 0 aromatic heterocycles. The van der Waals surface area contributed by atoms with Gasteiger partial charge in [0, 0.05) is 34.2 Å². The summed E-state index contributed by atoms with van der Waals surface area (Å²) in [5.74, 6) is -1.02. The Morgan fingerprint density at radius 2 is 1.21 bits per heavy atom. The van der Waals surface area contributed by atoms with Gasteiger partial charge in [-0.2, -0.15) is 0 Å². The van der Waals surface area contributed by atoms with E-state index in [1.807, 2.05) is 72.8 Å². The summed E-state index contributed by atoms with van der Waals surface area (Å²) in [6.07, 6.45) is 17.8. The molecule has 2 aliphatic rings. The molecule has 4 aromatic carbocycles. The monoisotopic (exact) mass is 803 g/mol. The molecule has 0 spiro atoms. The van der Waals surface area contributed by atoms with Gasteiger partial charge in [0.1, 0.15) is 12.1 Å². The number of carboxylic acids is 1. The van der Waals surface area contributed by atoms with Crippen molar-refractivity contribution in [3.63, 3.8) is 0 Å². The molecule has 318 valence electrons. The van der Waals surface area contributed by atoms with Gasteiger partial charge in [-0.05, 0) is 62.7 Å². The zero-order valence-electron chi connectivity index (χ0n) is 35.6. The van der Waals surface area contributed by atoms with Crippen LogP contribution < -0.4 is 27.0 Å². The standard InChI is InChI=1S/C17H20N2O2.C12H23N.C10H9N.C7H13NO3.CH3F/c1-3-11-21-12-16(18-2)17(20)19-15-10-6-8-13-7-4-5-9-14(13)15;1-3-7-11(8-4-1)13-12-9-5-2-6-10-12;11-10-7-3-5-8-4-1-2-6-9(8)10;1-3-4-11-5-6(8-2)7(9)10;1-2/h3-10,16,18H,1,11-12H2,2H3,(H,19,20);11-13H,1-10H2;1-7H,11H2;3,6,8H,1,4-5H2,2H3,(H,9,10);1H3/t16-;;;6-;/m0..0./s1/i;;;;1D. The van der Waals surface area contributed by atoms with Crippen LogP contribution in [0.5, 0.6) is 0 Å². The van der Waals surface area contributed by atoms with Gasteiger partial charge in [0.05, 0.1) is 35.0 Å². The fourth-order valence-corrected chi connectivity index (χ4v) is 6.78. The number of rotatable bonds is 15. The number of carboxylic acid groups (broad SMARTS) is 1. The first kappa shape index (κ1) is 47.7. The molecule has 2 fully saturated rings. The maximum absolute atomic E-state index is 12.3. The number of likely N-dealkylation sites (N-methyl/N-ethyl adjacent to an activating group) is 2. The Bertz CT molecular complexity index is 1740. The van der Waals surface area contributed by atoms with Crippen LogP contribution in [0.1, 0.15) is 65.6 Å². The fourth-order valence-electron chi connectivity index (χ4n) is 6.78. The molecule has 0 bridgehead atoms. The number of nitrogens with one attached hydrogen (secondary N) is 4. The number of nitrogen functional groups attached to an aromatic ring is 1. The number of alkyl halides is 1. The third-order valence-electron chi connectivity index (χ3n) is 9.90. The van der Waals surface area contributed by atoms with Gasteiger partial charge in [0.25, 0.3) is 0 Å². The van der Waals surface area contributed by atoms with E-state index in [9.17, 15) is 14.0 Å². The molecule has 2 saturated carbocycles. The van der Waals surface area contributed by atoms with E-state index in [1.165, 1.54) is 69.6 Å². The Kier molecular flexibility index (Phi) is 25.0. The first-order chi connectivity index (χ1) is 28.7. The Morgan fingerprint density at radius 3 is 1.69 bits per heavy atom. The van der Waals surface area contributed by atoms with Crippen LogP contribution in [0.3, 0.4) is 0 Å². The Morgan fingerprint density at radius 1 is 0.759 bits per heavy atom. The molecular weight excluding hydrogens is 734 g/mol. The van der Waals surface area contributed by atoms with Gasteiger partial charge in [-0.25, -0.2) is 0 Å². The normalized spacial score (nSPS) is 15.2. The molecule has 7 N–H and O–H groups in total. The zero-order chi connectivity index (χ0) is 43.1. The highest BCUT2D eigenvalue weighted by molar-refractivity contribution is 6.03. The summed E-state index contributed by atoms with van der Waals surface area (Å²) in [4.78, 5) is 22.7. The van der Waals surface area contributed by atoms with Crippen molar-refractivity contribution in [3.8, 4) is 0 Å². The largest absolute Gasteiger partial charge is 0.480 e. The van der Waals surface area contributed by atoms with Crippen molar-refractivity contribution in [3.05, 3.63) is 110 Å². The number of fused-ring (bicyclic) bond motifs is 2. The smallest absolute Gasteiger partial charge is 0.323 e. The van der Waals surface area contributed by atoms with Crippen LogP contribution in [-0.2, 0) is 19.1 Å². The highest BCUT2D eigenvalue weighted by atomic mass is 19.1. The number of aliphatic carboxylic acids is 1. The molecule has 0 unspecified atom stereocenters. The average Bonchev–Trinajstić information content (AvgIpc) is 3.26. The van der Waals surface area contributed by atoms with E-state index in [1.54, 1.807) is 26.2 Å². The van der Waals surface area contributed by atoms with Crippen molar-refractivity contribution in [2.45, 2.75) is 88.4 Å². The van der Waals surface area contributed by atoms with Gasteiger partial charge in [-0.1, -0.05) is 123 Å². The second kappa shape index (κ2) is 30.4. The summed E-state index contributed by atoms with van der Waals surface area (Å²) < 4.78 is 25.8. The van der Waals surface area contributed by atoms with Gasteiger partial charge in [0.15, 0.2) is 0 Å². The van der Waals surface area contributed by atoms with Gasteiger partial charge in [-0.3, -0.25) is 14.0 Å². The first-order valence-corrected chi connectivity index (χ1v) is 20.3. The topological polar surface area (TPSA) is 147 Å². The van der Waals surface area contributed by atoms with Crippen molar-refractivity contribution in [2.24, 2.45) is 0 Å². The number of carbonyl (C=O) groups excluding carboxylic acids is 1. The van der Waals surface area contributed by atoms with E-state index in [0.717, 1.165) is 39.6 Å². The molecule has 11 heteroatoms. The number of carbonyl (C=O) groups is 2. The second-order valence-corrected chi connectivity index (χ2v) is 14.1. The molecule has 2 aliphatic carbocycles. The van der Waals surface area contributed by atoms with Gasteiger partial charge >= 0.3 is 5.97 Å². The molecule has 1 amide bonds. The predicted molar refractivity (Wildman–Crippen MR) is 240 cm³/mol. The summed E-state index contributed by atoms with van der Waals surface area (Å²) in [7, 11) is 2.32. The van der Waals surface area contributed by atoms with Gasteiger partial charge in [0.2, 0.25) is 5.91 Å². The summed E-state index contributed by atoms with van der Waals surface area (Å²) in [5, 5.41) is 25.3. The van der Waals surface area contributed by atoms with Crippen LogP contribution in [0.4, 0.5) is 15.8 Å². The Labute approximate surface area is 347 Å². The van der Waals surface area contributed by atoms with Crippen LogP contribution in [0.25, 0.3) is 21.5 Å². The number of hydrogen-bond donors (Lipinski definition) is 6. The van der Waals surface area contributed by atoms with Crippen LogP contribution in [-0.4, -0.2) is 88.8 Å². The highest BCUT2D eigenvalue weighted by Gasteiger charge is 2.20. The lowest BCUT2D eigenvalue weighted by molar-refractivity contribution is -0.140. The molecule has 10 nitrogen and oxygen atoms in total. The second-order valence-electron chi connectivity index (χ2n) is 14.1. The summed E-state index contributed by atoms with van der Waals surface area (Å²) in [6, 6.07) is 28.6. The van der Waals surface area contributed by atoms with Crippen LogP contribution in [0.15, 0.2) is 110 Å². The van der Waals surface area contributed by atoms with E-state index < -0.39 is 25.2 Å². The minimum Gasteiger partial charge on any atom is -0.480 e. The lowest BCUT2D eigenvalue weighted by Crippen LogP contribution is -2.42. The molecule has 0 radical (unpaired) electrons. The van der Waals surface area contributed by atoms with Crippen LogP contribution in [0, 0.1) is 0 Å². The summed E-state index contributed by atoms with van der Waals surface area (Å²) >= 11 is 0. The van der Waals surface area contributed by atoms with Gasteiger partial charge in [-0.15, -0.1) is 13.2 Å². The molecule has 4 aromatic rings. The summed E-state index contributed by atoms with van der Waals surface area (Å²) in [6.45, 7) is 8.30. The Balaban J connectivity index is 0.000000275. The molecule has 2 atom stereocenters. The lowest BCUT2D eigenvalue weighted by atomic mass is 9.91. The molecule has 58 heavy (non-hydrogen) atoms. The first-order valence-electron chi connectivity index (χ1n) is 21.0. The van der Waals surface area contributed by atoms with E-state index in [2.05, 4.69) is 46.6 Å². The van der Waals surface area contributed by atoms with Crippen LogP contribution >= 0.6 is 0 Å². The molecule has 6 rings (SSSR count). The maximum Gasteiger partial charge on any atom is 0.323 e. The number of benzene rings is 4. The van der Waals surface area contributed by atoms with Crippen molar-refractivity contribution in [1.29, 1.82) is 0 Å². The number of anilines is 2. The van der Waals surface area contributed by atoms with E-state index in [-0.39, 0.29) is 12.5 Å². The van der Waals surface area contributed by atoms with Crippen molar-refractivity contribution in [1.82, 2.24) is 16.0 Å². The van der Waals surface area contributed by atoms with Crippen LogP contribution in [0.2, 0.25) is 0 Å². The Hall–Kier alpha value is -4.65. The average molecular weight is 803 g/mol. The predicted octanol–water partition coefficient (Wildman–Crippen LogP) is 8.68. The molecule has 0 aliphatic heterocycles. The third kappa shape index (κ3) is 18.7. The molecule has 0 saturated heterocycles. The highest BCUT2D eigenvalue weighted by Crippen LogP contribution is 2.24. The van der Waals surface area contributed by atoms with E-state index in [0.29, 0.717) is 19.8 Å². The quantitative estimate of drug-likeness (QED) is 0.0395. The molecular formula is C47H68FN5O5. The minimum atomic E-state index is -1.00. The number of ether oxygens (including phenoxy) is 2. The van der Waals surface area contributed by atoms with E-state index >= 15 is 0 Å². The van der Waals surface area contributed by atoms with Crippen molar-refractivity contribution >= 4 is 44.8 Å². The fraction of sp³-hybridized carbons (Fsp3) is 0.447. The maximum atomic E-state index is 12.3. The third-order valence-corrected chi connectivity index (χ3v) is 9.90. The van der Waals surface area contributed by atoms with E-state index in [4.69, 9.17) is 21.7 Å². The summed E-state index contributed by atoms with van der Waals surface area (Å²) in [5.41, 5.74) is 7.41. The van der Waals surface area contributed by atoms with Gasteiger partial charge < -0.3 is 41.6 Å². The molecule has 0 heterocycles. The SMILES string of the molecule is C1CCC(NC2CCCCC2)CC1.C=CCOC[C@H](NC)C(=O)Nc1cccc2ccccc12.C=CCOC[C@H](NC)C(=O)O.Nc1cccc2ccccc12.[2H]CF. The zero-order valence-corrected chi connectivity index (χ0v) is 34.6. The number of hydrogen-bond acceptors (Lipinski definition) is 8.